The van der Waals surface area contributed by atoms with Crippen molar-refractivity contribution in [2.75, 3.05) is 19.0 Å². The molecule has 0 aliphatic carbocycles. The zero-order valence-electron chi connectivity index (χ0n) is 12.7. The third-order valence-electron chi connectivity index (χ3n) is 2.84. The summed E-state index contributed by atoms with van der Waals surface area (Å²) in [4.78, 5) is 22.2. The fourth-order valence-corrected chi connectivity index (χ4v) is 1.69. The minimum absolute atomic E-state index is 0.111. The Morgan fingerprint density at radius 1 is 1.38 bits per heavy atom. The quantitative estimate of drug-likeness (QED) is 0.594. The van der Waals surface area contributed by atoms with Gasteiger partial charge in [0, 0.05) is 24.4 Å². The van der Waals surface area contributed by atoms with Crippen molar-refractivity contribution >= 4 is 17.3 Å². The molecule has 0 aliphatic heterocycles. The number of amides is 1. The van der Waals surface area contributed by atoms with Crippen LogP contribution in [0.5, 0.6) is 5.75 Å². The Bertz CT molecular complexity index is 517. The lowest BCUT2D eigenvalue weighted by molar-refractivity contribution is -0.385. The van der Waals surface area contributed by atoms with Crippen LogP contribution < -0.4 is 15.4 Å². The van der Waals surface area contributed by atoms with E-state index < -0.39 is 11.0 Å². The molecular formula is C14H21N3O4. The van der Waals surface area contributed by atoms with Gasteiger partial charge in [-0.05, 0) is 18.9 Å². The summed E-state index contributed by atoms with van der Waals surface area (Å²) in [6.45, 7) is 6.36. The summed E-state index contributed by atoms with van der Waals surface area (Å²) in [6, 6.07) is 3.95. The molecule has 116 valence electrons. The molecule has 7 nitrogen and oxygen atoms in total. The Labute approximate surface area is 123 Å². The van der Waals surface area contributed by atoms with Gasteiger partial charge in [0.1, 0.15) is 6.04 Å². The van der Waals surface area contributed by atoms with Crippen molar-refractivity contribution < 1.29 is 14.5 Å². The molecule has 0 spiro atoms. The highest BCUT2D eigenvalue weighted by Crippen LogP contribution is 2.29. The summed E-state index contributed by atoms with van der Waals surface area (Å²) in [5.74, 6) is 0.404. The molecule has 0 aliphatic rings. The summed E-state index contributed by atoms with van der Waals surface area (Å²) >= 11 is 0. The van der Waals surface area contributed by atoms with Gasteiger partial charge in [0.15, 0.2) is 5.75 Å². The largest absolute Gasteiger partial charge is 0.490 e. The molecule has 1 aromatic carbocycles. The van der Waals surface area contributed by atoms with E-state index in [1.807, 2.05) is 13.8 Å². The van der Waals surface area contributed by atoms with E-state index in [0.717, 1.165) is 0 Å². The van der Waals surface area contributed by atoms with Crippen LogP contribution in [0.2, 0.25) is 0 Å². The van der Waals surface area contributed by atoms with Crippen molar-refractivity contribution in [1.29, 1.82) is 0 Å². The Morgan fingerprint density at radius 2 is 2.05 bits per heavy atom. The van der Waals surface area contributed by atoms with Crippen molar-refractivity contribution in [2.45, 2.75) is 26.8 Å². The highest BCUT2D eigenvalue weighted by Gasteiger charge is 2.17. The lowest BCUT2D eigenvalue weighted by Gasteiger charge is -2.16. The number of benzene rings is 1. The predicted molar refractivity (Wildman–Crippen MR) is 80.6 cm³/mol. The predicted octanol–water partition coefficient (Wildman–Crippen LogP) is 2.18. The number of hydrogen-bond acceptors (Lipinski definition) is 5. The molecule has 1 aromatic rings. The molecule has 0 saturated heterocycles. The summed E-state index contributed by atoms with van der Waals surface area (Å²) in [7, 11) is 1.37. The number of anilines is 1. The molecule has 21 heavy (non-hydrogen) atoms. The first-order valence-corrected chi connectivity index (χ1v) is 6.71. The lowest BCUT2D eigenvalue weighted by Crippen LogP contribution is -2.39. The average molecular weight is 295 g/mol. The third kappa shape index (κ3) is 4.94. The molecule has 1 unspecified atom stereocenters. The van der Waals surface area contributed by atoms with E-state index in [2.05, 4.69) is 10.6 Å². The van der Waals surface area contributed by atoms with Gasteiger partial charge in [0.2, 0.25) is 5.91 Å². The van der Waals surface area contributed by atoms with Gasteiger partial charge in [-0.25, -0.2) is 0 Å². The van der Waals surface area contributed by atoms with Crippen molar-refractivity contribution in [3.8, 4) is 5.75 Å². The second-order valence-corrected chi connectivity index (χ2v) is 5.15. The Morgan fingerprint density at radius 3 is 2.57 bits per heavy atom. The summed E-state index contributed by atoms with van der Waals surface area (Å²) in [5.41, 5.74) is 0.476. The fraction of sp³-hybridized carbons (Fsp3) is 0.500. The number of nitrogens with one attached hydrogen (secondary N) is 2. The molecule has 0 radical (unpaired) electrons. The molecule has 0 bridgehead atoms. The summed E-state index contributed by atoms with van der Waals surface area (Å²) in [5, 5.41) is 16.6. The number of nitrogens with zero attached hydrogens (tertiary/aromatic N) is 1. The van der Waals surface area contributed by atoms with Crippen molar-refractivity contribution in [3.05, 3.63) is 28.3 Å². The van der Waals surface area contributed by atoms with Crippen LogP contribution in [0.1, 0.15) is 20.8 Å². The zero-order chi connectivity index (χ0) is 16.0. The van der Waals surface area contributed by atoms with E-state index in [0.29, 0.717) is 18.2 Å². The molecule has 2 N–H and O–H groups in total. The number of carbonyl (C=O) groups excluding carboxylic acids is 1. The van der Waals surface area contributed by atoms with Gasteiger partial charge in [-0.15, -0.1) is 0 Å². The van der Waals surface area contributed by atoms with Crippen molar-refractivity contribution in [1.82, 2.24) is 5.32 Å². The minimum atomic E-state index is -0.513. The Kier molecular flexibility index (Phi) is 5.95. The Hall–Kier alpha value is -2.31. The van der Waals surface area contributed by atoms with Gasteiger partial charge < -0.3 is 15.4 Å². The van der Waals surface area contributed by atoms with Crippen LogP contribution >= 0.6 is 0 Å². The van der Waals surface area contributed by atoms with Gasteiger partial charge in [-0.2, -0.15) is 0 Å². The second-order valence-electron chi connectivity index (χ2n) is 5.15. The van der Waals surface area contributed by atoms with Crippen LogP contribution in [0.15, 0.2) is 18.2 Å². The average Bonchev–Trinajstić information content (AvgIpc) is 2.43. The highest BCUT2D eigenvalue weighted by atomic mass is 16.6. The number of nitro groups is 1. The summed E-state index contributed by atoms with van der Waals surface area (Å²) in [6.07, 6.45) is 0. The first-order chi connectivity index (χ1) is 9.85. The SMILES string of the molecule is COc1cc(NC(C)C(=O)NCC(C)C)ccc1[N+](=O)[O-]. The van der Waals surface area contributed by atoms with Crippen LogP contribution in [0.3, 0.4) is 0 Å². The van der Waals surface area contributed by atoms with Gasteiger partial charge in [0.05, 0.1) is 12.0 Å². The highest BCUT2D eigenvalue weighted by molar-refractivity contribution is 5.84. The van der Waals surface area contributed by atoms with E-state index in [1.165, 1.54) is 19.2 Å². The Balaban J connectivity index is 2.74. The fourth-order valence-electron chi connectivity index (χ4n) is 1.69. The molecule has 0 aromatic heterocycles. The van der Waals surface area contributed by atoms with Gasteiger partial charge in [-0.1, -0.05) is 13.8 Å². The molecule has 1 amide bonds. The van der Waals surface area contributed by atoms with E-state index in [4.69, 9.17) is 4.74 Å². The number of nitro benzene ring substituents is 1. The zero-order valence-corrected chi connectivity index (χ0v) is 12.7. The third-order valence-corrected chi connectivity index (χ3v) is 2.84. The maximum Gasteiger partial charge on any atom is 0.311 e. The molecule has 1 rings (SSSR count). The molecular weight excluding hydrogens is 274 g/mol. The van der Waals surface area contributed by atoms with Crippen LogP contribution in [0.25, 0.3) is 0 Å². The minimum Gasteiger partial charge on any atom is -0.490 e. The molecule has 0 saturated carbocycles. The molecule has 0 fully saturated rings. The number of rotatable bonds is 7. The van der Waals surface area contributed by atoms with Gasteiger partial charge >= 0.3 is 5.69 Å². The molecule has 1 atom stereocenters. The van der Waals surface area contributed by atoms with E-state index >= 15 is 0 Å². The van der Waals surface area contributed by atoms with Crippen LogP contribution in [-0.4, -0.2) is 30.5 Å². The normalized spacial score (nSPS) is 11.9. The molecule has 7 heteroatoms. The molecule has 0 heterocycles. The lowest BCUT2D eigenvalue weighted by atomic mass is 10.2. The smallest absolute Gasteiger partial charge is 0.311 e. The van der Waals surface area contributed by atoms with Crippen LogP contribution in [0, 0.1) is 16.0 Å². The van der Waals surface area contributed by atoms with E-state index in [-0.39, 0.29) is 17.3 Å². The van der Waals surface area contributed by atoms with Gasteiger partial charge in [0.25, 0.3) is 0 Å². The van der Waals surface area contributed by atoms with Crippen molar-refractivity contribution in [3.63, 3.8) is 0 Å². The topological polar surface area (TPSA) is 93.5 Å². The van der Waals surface area contributed by atoms with Crippen LogP contribution in [-0.2, 0) is 4.79 Å². The first-order valence-electron chi connectivity index (χ1n) is 6.71. The maximum absolute atomic E-state index is 11.9. The summed E-state index contributed by atoms with van der Waals surface area (Å²) < 4.78 is 4.99. The monoisotopic (exact) mass is 295 g/mol. The first kappa shape index (κ1) is 16.7. The number of hydrogen-bond donors (Lipinski definition) is 2. The number of ether oxygens (including phenoxy) is 1. The number of carbonyl (C=O) groups is 1. The standard InChI is InChI=1S/C14H21N3O4/c1-9(2)8-15-14(18)10(3)16-11-5-6-12(17(19)20)13(7-11)21-4/h5-7,9-10,16H,8H2,1-4H3,(H,15,18). The van der Waals surface area contributed by atoms with E-state index in [9.17, 15) is 14.9 Å². The van der Waals surface area contributed by atoms with Gasteiger partial charge in [-0.3, -0.25) is 14.9 Å². The van der Waals surface area contributed by atoms with E-state index in [1.54, 1.807) is 13.0 Å². The van der Waals surface area contributed by atoms with Crippen molar-refractivity contribution in [2.24, 2.45) is 5.92 Å². The van der Waals surface area contributed by atoms with Crippen LogP contribution in [0.4, 0.5) is 11.4 Å². The number of methoxy groups -OCH3 is 1. The second kappa shape index (κ2) is 7.47. The maximum atomic E-state index is 11.9.